The Hall–Kier alpha value is -1.91. The molecule has 4 heteroatoms. The number of ether oxygens (including phenoxy) is 1. The third-order valence-corrected chi connectivity index (χ3v) is 4.45. The molecule has 0 fully saturated rings. The van der Waals surface area contributed by atoms with E-state index in [4.69, 9.17) is 0 Å². The van der Waals surface area contributed by atoms with Crippen LogP contribution in [0.5, 0.6) is 0 Å². The number of rotatable bonds is 13. The first kappa shape index (κ1) is 23.1. The molecule has 0 saturated heterocycles. The van der Waals surface area contributed by atoms with Gasteiger partial charge in [0.05, 0.1) is 19.3 Å². The number of benzene rings is 1. The Morgan fingerprint density at radius 1 is 1.07 bits per heavy atom. The summed E-state index contributed by atoms with van der Waals surface area (Å²) in [4.78, 5) is 11.1. The Bertz CT molecular complexity index is 592. The van der Waals surface area contributed by atoms with Gasteiger partial charge < -0.3 is 14.9 Å². The quantitative estimate of drug-likeness (QED) is 0.386. The van der Waals surface area contributed by atoms with Crippen LogP contribution in [0.1, 0.15) is 69.4 Å². The minimum atomic E-state index is -0.464. The number of carbonyl (C=O) groups excluding carboxylic acids is 1. The second-order valence-corrected chi connectivity index (χ2v) is 6.81. The summed E-state index contributed by atoms with van der Waals surface area (Å²) in [5.74, 6) is -0.240. The molecule has 150 valence electrons. The first-order valence-corrected chi connectivity index (χ1v) is 9.93. The number of hydrogen-bond acceptors (Lipinski definition) is 4. The van der Waals surface area contributed by atoms with Crippen molar-refractivity contribution in [1.82, 2.24) is 0 Å². The van der Waals surface area contributed by atoms with E-state index in [1.807, 2.05) is 48.6 Å². The van der Waals surface area contributed by atoms with E-state index in [0.717, 1.165) is 36.8 Å². The molecule has 27 heavy (non-hydrogen) atoms. The molecular formula is C23H34O4. The minimum Gasteiger partial charge on any atom is -0.469 e. The number of esters is 1. The van der Waals surface area contributed by atoms with Gasteiger partial charge in [-0.2, -0.15) is 0 Å². The van der Waals surface area contributed by atoms with Gasteiger partial charge in [-0.05, 0) is 36.8 Å². The van der Waals surface area contributed by atoms with Gasteiger partial charge in [0.1, 0.15) is 0 Å². The monoisotopic (exact) mass is 374 g/mol. The van der Waals surface area contributed by atoms with Crippen LogP contribution < -0.4 is 0 Å². The van der Waals surface area contributed by atoms with Gasteiger partial charge in [0.25, 0.3) is 0 Å². The Morgan fingerprint density at radius 2 is 1.78 bits per heavy atom. The van der Waals surface area contributed by atoms with E-state index in [2.05, 4.69) is 11.7 Å². The Labute approximate surface area is 163 Å². The smallest absolute Gasteiger partial charge is 0.305 e. The number of hydrogen-bond donors (Lipinski definition) is 2. The lowest BCUT2D eigenvalue weighted by Crippen LogP contribution is -2.07. The van der Waals surface area contributed by atoms with Crippen molar-refractivity contribution in [3.8, 4) is 0 Å². The van der Waals surface area contributed by atoms with Crippen LogP contribution in [0.4, 0.5) is 0 Å². The molecular weight excluding hydrogens is 340 g/mol. The second-order valence-electron chi connectivity index (χ2n) is 6.81. The fraction of sp³-hybridized carbons (Fsp3) is 0.522. The van der Waals surface area contributed by atoms with Crippen molar-refractivity contribution in [2.75, 3.05) is 7.11 Å². The van der Waals surface area contributed by atoms with Crippen LogP contribution in [-0.2, 0) is 9.53 Å². The van der Waals surface area contributed by atoms with E-state index in [-0.39, 0.29) is 5.97 Å². The first-order chi connectivity index (χ1) is 13.1. The van der Waals surface area contributed by atoms with Gasteiger partial charge in [-0.25, -0.2) is 0 Å². The van der Waals surface area contributed by atoms with E-state index < -0.39 is 12.2 Å². The summed E-state index contributed by atoms with van der Waals surface area (Å²) in [6.07, 6.45) is 13.1. The Balaban J connectivity index is 2.50. The van der Waals surface area contributed by atoms with Crippen molar-refractivity contribution in [3.63, 3.8) is 0 Å². The molecule has 0 aliphatic rings. The van der Waals surface area contributed by atoms with Gasteiger partial charge in [0, 0.05) is 6.42 Å². The zero-order valence-electron chi connectivity index (χ0n) is 16.6. The SMILES string of the molecule is CCCCCC(O)/C=C/c1ccccc1/C=C/CC(O)CCCC(=O)OC. The van der Waals surface area contributed by atoms with E-state index >= 15 is 0 Å². The van der Waals surface area contributed by atoms with Crippen LogP contribution in [0.3, 0.4) is 0 Å². The molecule has 0 aliphatic carbocycles. The number of aliphatic hydroxyl groups excluding tert-OH is 2. The van der Waals surface area contributed by atoms with Crippen molar-refractivity contribution in [1.29, 1.82) is 0 Å². The van der Waals surface area contributed by atoms with E-state index in [1.165, 1.54) is 7.11 Å². The van der Waals surface area contributed by atoms with Crippen molar-refractivity contribution in [3.05, 3.63) is 47.5 Å². The maximum absolute atomic E-state index is 11.1. The van der Waals surface area contributed by atoms with E-state index in [0.29, 0.717) is 25.7 Å². The number of methoxy groups -OCH3 is 1. The maximum Gasteiger partial charge on any atom is 0.305 e. The molecule has 0 aromatic heterocycles. The lowest BCUT2D eigenvalue weighted by Gasteiger charge is -2.07. The van der Waals surface area contributed by atoms with Crippen molar-refractivity contribution in [2.45, 2.75) is 70.5 Å². The molecule has 4 nitrogen and oxygen atoms in total. The number of aliphatic hydroxyl groups is 2. The predicted octanol–water partition coefficient (Wildman–Crippen LogP) is 4.75. The van der Waals surface area contributed by atoms with Crippen molar-refractivity contribution < 1.29 is 19.7 Å². The zero-order chi connectivity index (χ0) is 19.9. The summed E-state index contributed by atoms with van der Waals surface area (Å²) in [7, 11) is 1.37. The van der Waals surface area contributed by atoms with Crippen molar-refractivity contribution >= 4 is 18.1 Å². The average molecular weight is 375 g/mol. The molecule has 1 aromatic carbocycles. The molecule has 1 aromatic rings. The standard InChI is InChI=1S/C23H34O4/c1-3-4-5-13-22(25)18-17-20-11-7-6-10-19(20)12-8-14-21(24)15-9-16-23(26)27-2/h6-8,10-12,17-18,21-22,24-25H,3-5,9,13-16H2,1-2H3/b12-8+,18-17+. The number of unbranched alkanes of at least 4 members (excludes halogenated alkanes) is 2. The summed E-state index contributed by atoms with van der Waals surface area (Å²) in [6, 6.07) is 7.98. The predicted molar refractivity (Wildman–Crippen MR) is 111 cm³/mol. The maximum atomic E-state index is 11.1. The van der Waals surface area contributed by atoms with Gasteiger partial charge in [0.15, 0.2) is 0 Å². The molecule has 0 spiro atoms. The van der Waals surface area contributed by atoms with Gasteiger partial charge in [-0.3, -0.25) is 4.79 Å². The molecule has 2 atom stereocenters. The normalized spacial score (nSPS) is 13.9. The Kier molecular flexibility index (Phi) is 12.2. The largest absolute Gasteiger partial charge is 0.469 e. The lowest BCUT2D eigenvalue weighted by molar-refractivity contribution is -0.140. The van der Waals surface area contributed by atoms with E-state index in [1.54, 1.807) is 0 Å². The molecule has 0 bridgehead atoms. The third kappa shape index (κ3) is 10.7. The first-order valence-electron chi connectivity index (χ1n) is 9.93. The highest BCUT2D eigenvalue weighted by Crippen LogP contribution is 2.15. The molecule has 0 radical (unpaired) electrons. The summed E-state index contributed by atoms with van der Waals surface area (Å²) < 4.78 is 4.59. The highest BCUT2D eigenvalue weighted by atomic mass is 16.5. The van der Waals surface area contributed by atoms with E-state index in [9.17, 15) is 15.0 Å². The summed E-state index contributed by atoms with van der Waals surface area (Å²) >= 11 is 0. The third-order valence-electron chi connectivity index (χ3n) is 4.45. The van der Waals surface area contributed by atoms with Crippen LogP contribution >= 0.6 is 0 Å². The molecule has 0 aliphatic heterocycles. The van der Waals surface area contributed by atoms with Crippen LogP contribution in [0, 0.1) is 0 Å². The van der Waals surface area contributed by atoms with Gasteiger partial charge in [-0.15, -0.1) is 0 Å². The average Bonchev–Trinajstić information content (AvgIpc) is 2.67. The molecule has 0 saturated carbocycles. The van der Waals surface area contributed by atoms with Crippen molar-refractivity contribution in [2.24, 2.45) is 0 Å². The molecule has 2 N–H and O–H groups in total. The molecule has 2 unspecified atom stereocenters. The second kappa shape index (κ2) is 14.2. The zero-order valence-corrected chi connectivity index (χ0v) is 16.6. The Morgan fingerprint density at radius 3 is 2.44 bits per heavy atom. The van der Waals surface area contributed by atoms with Crippen LogP contribution in [-0.4, -0.2) is 35.5 Å². The summed E-state index contributed by atoms with van der Waals surface area (Å²) in [5, 5.41) is 20.1. The fourth-order valence-corrected chi connectivity index (χ4v) is 2.78. The topological polar surface area (TPSA) is 66.8 Å². The lowest BCUT2D eigenvalue weighted by atomic mass is 10.0. The van der Waals surface area contributed by atoms with Gasteiger partial charge in [0.2, 0.25) is 0 Å². The van der Waals surface area contributed by atoms with Gasteiger partial charge >= 0.3 is 5.97 Å². The van der Waals surface area contributed by atoms with Gasteiger partial charge in [-0.1, -0.05) is 74.8 Å². The summed E-state index contributed by atoms with van der Waals surface area (Å²) in [6.45, 7) is 2.15. The fourth-order valence-electron chi connectivity index (χ4n) is 2.78. The highest BCUT2D eigenvalue weighted by molar-refractivity contribution is 5.69. The van der Waals surface area contributed by atoms with Crippen LogP contribution in [0.2, 0.25) is 0 Å². The molecule has 1 rings (SSSR count). The molecule has 0 heterocycles. The summed E-state index contributed by atoms with van der Waals surface area (Å²) in [5.41, 5.74) is 2.10. The van der Waals surface area contributed by atoms with Crippen LogP contribution in [0.15, 0.2) is 36.4 Å². The van der Waals surface area contributed by atoms with Crippen LogP contribution in [0.25, 0.3) is 12.2 Å². The number of carbonyl (C=O) groups is 1. The highest BCUT2D eigenvalue weighted by Gasteiger charge is 2.05. The molecule has 0 amide bonds. The minimum absolute atomic E-state index is 0.240.